The zero-order valence-corrected chi connectivity index (χ0v) is 17.5. The largest absolute Gasteiger partial charge is 0.478 e. The van der Waals surface area contributed by atoms with Gasteiger partial charge in [-0.2, -0.15) is 0 Å². The van der Waals surface area contributed by atoms with E-state index < -0.39 is 35.4 Å². The average Bonchev–Trinajstić information content (AvgIpc) is 2.70. The summed E-state index contributed by atoms with van der Waals surface area (Å²) >= 11 is 0. The Morgan fingerprint density at radius 3 is 0.742 bits per heavy atom. The molecular formula is C21H15DyF3O6. The molecular weight excluding hydrogens is 568 g/mol. The van der Waals surface area contributed by atoms with Crippen LogP contribution in [-0.4, -0.2) is 33.2 Å². The van der Waals surface area contributed by atoms with Gasteiger partial charge in [-0.15, -0.1) is 0 Å². The Bertz CT molecular complexity index is 859. The number of aromatic carboxylic acids is 3. The van der Waals surface area contributed by atoms with Crippen LogP contribution in [0.4, 0.5) is 13.2 Å². The van der Waals surface area contributed by atoms with Crippen LogP contribution in [0.15, 0.2) is 72.8 Å². The maximum atomic E-state index is 12.2. The van der Waals surface area contributed by atoms with Crippen molar-refractivity contribution in [2.75, 3.05) is 0 Å². The third-order valence-corrected chi connectivity index (χ3v) is 3.27. The van der Waals surface area contributed by atoms with E-state index in [1.807, 2.05) is 0 Å². The van der Waals surface area contributed by atoms with Crippen molar-refractivity contribution in [1.29, 1.82) is 0 Å². The molecule has 3 rings (SSSR count). The van der Waals surface area contributed by atoms with Gasteiger partial charge in [-0.3, -0.25) is 0 Å². The first-order chi connectivity index (χ1) is 14.1. The number of carboxylic acids is 3. The molecule has 0 unspecified atom stereocenters. The van der Waals surface area contributed by atoms with Gasteiger partial charge in [0, 0.05) is 38.2 Å². The fourth-order valence-electron chi connectivity index (χ4n) is 1.78. The van der Waals surface area contributed by atoms with Crippen molar-refractivity contribution >= 4 is 17.9 Å². The van der Waals surface area contributed by atoms with E-state index in [9.17, 15) is 27.6 Å². The zero-order valence-electron chi connectivity index (χ0n) is 15.4. The fraction of sp³-hybridized carbons (Fsp3) is 0. The molecule has 0 aromatic heterocycles. The summed E-state index contributed by atoms with van der Waals surface area (Å²) in [6.45, 7) is 0. The maximum Gasteiger partial charge on any atom is 0.335 e. The molecule has 0 heterocycles. The molecule has 3 N–H and O–H groups in total. The first-order valence-corrected chi connectivity index (χ1v) is 8.06. The predicted octanol–water partition coefficient (Wildman–Crippen LogP) is 4.57. The van der Waals surface area contributed by atoms with E-state index in [-0.39, 0.29) is 54.9 Å². The van der Waals surface area contributed by atoms with E-state index in [4.69, 9.17) is 15.3 Å². The first kappa shape index (κ1) is 28.1. The second-order valence-corrected chi connectivity index (χ2v) is 5.44. The SMILES string of the molecule is O=C(O)c1ccc(F)cc1.O=C(O)c1ccc(F)cc1.O=C(O)c1ccc(F)cc1.[Dy]. The van der Waals surface area contributed by atoms with Crippen LogP contribution in [0.1, 0.15) is 31.1 Å². The minimum atomic E-state index is -1.04. The Kier molecular flexibility index (Phi) is 12.9. The van der Waals surface area contributed by atoms with Crippen LogP contribution in [0.5, 0.6) is 0 Å². The topological polar surface area (TPSA) is 112 Å². The van der Waals surface area contributed by atoms with E-state index >= 15 is 0 Å². The van der Waals surface area contributed by atoms with E-state index in [1.165, 1.54) is 36.4 Å². The predicted molar refractivity (Wildman–Crippen MR) is 100 cm³/mol. The van der Waals surface area contributed by atoms with Crippen molar-refractivity contribution in [3.05, 3.63) is 107 Å². The van der Waals surface area contributed by atoms with Gasteiger partial charge in [-0.1, -0.05) is 0 Å². The standard InChI is InChI=1S/3C7H5FO2.Dy/c3*8-6-3-1-5(2-4-6)7(9)10;/h3*1-4H,(H,9,10);. The van der Waals surface area contributed by atoms with Crippen molar-refractivity contribution < 1.29 is 81.0 Å². The minimum absolute atomic E-state index is 0. The monoisotopic (exact) mass is 584 g/mol. The van der Waals surface area contributed by atoms with Crippen LogP contribution in [0.25, 0.3) is 0 Å². The van der Waals surface area contributed by atoms with Crippen LogP contribution in [0.2, 0.25) is 0 Å². The molecule has 0 spiro atoms. The number of benzene rings is 3. The van der Waals surface area contributed by atoms with Crippen molar-refractivity contribution in [3.8, 4) is 0 Å². The Labute approximate surface area is 205 Å². The third kappa shape index (κ3) is 11.2. The Balaban J connectivity index is 0.000000429. The second-order valence-electron chi connectivity index (χ2n) is 5.44. The number of hydrogen-bond acceptors (Lipinski definition) is 3. The minimum Gasteiger partial charge on any atom is -0.478 e. The number of carbonyl (C=O) groups is 3. The Morgan fingerprint density at radius 1 is 0.452 bits per heavy atom. The molecule has 0 aliphatic rings. The summed E-state index contributed by atoms with van der Waals surface area (Å²) in [6.07, 6.45) is 0. The molecule has 3 aromatic carbocycles. The third-order valence-electron chi connectivity index (χ3n) is 3.27. The van der Waals surface area contributed by atoms with Gasteiger partial charge in [-0.05, 0) is 72.8 Å². The average molecular weight is 583 g/mol. The van der Waals surface area contributed by atoms with Crippen molar-refractivity contribution in [2.45, 2.75) is 0 Å². The number of halogens is 3. The van der Waals surface area contributed by atoms with E-state index in [1.54, 1.807) is 0 Å². The molecule has 0 aliphatic carbocycles. The van der Waals surface area contributed by atoms with Crippen LogP contribution in [-0.2, 0) is 0 Å². The van der Waals surface area contributed by atoms with Gasteiger partial charge in [0.05, 0.1) is 16.7 Å². The molecule has 0 atom stereocenters. The van der Waals surface area contributed by atoms with Crippen LogP contribution < -0.4 is 0 Å². The van der Waals surface area contributed by atoms with Gasteiger partial charge in [0.2, 0.25) is 0 Å². The van der Waals surface area contributed by atoms with Gasteiger partial charge >= 0.3 is 17.9 Å². The fourth-order valence-corrected chi connectivity index (χ4v) is 1.78. The summed E-state index contributed by atoms with van der Waals surface area (Å²) in [5.41, 5.74) is 0.296. The molecule has 166 valence electrons. The van der Waals surface area contributed by atoms with Crippen molar-refractivity contribution in [1.82, 2.24) is 0 Å². The smallest absolute Gasteiger partial charge is 0.335 e. The van der Waals surface area contributed by atoms with E-state index in [0.29, 0.717) is 0 Å². The molecule has 0 bridgehead atoms. The number of rotatable bonds is 3. The van der Waals surface area contributed by atoms with Crippen LogP contribution in [0, 0.1) is 55.6 Å². The molecule has 0 fully saturated rings. The van der Waals surface area contributed by atoms with Gasteiger partial charge in [-0.25, -0.2) is 27.6 Å². The zero-order chi connectivity index (χ0) is 22.7. The van der Waals surface area contributed by atoms with Crippen molar-refractivity contribution in [2.24, 2.45) is 0 Å². The summed E-state index contributed by atoms with van der Waals surface area (Å²) in [5.74, 6) is -4.40. The summed E-state index contributed by atoms with van der Waals surface area (Å²) in [7, 11) is 0. The normalized spacial score (nSPS) is 9.00. The van der Waals surface area contributed by atoms with Crippen LogP contribution >= 0.6 is 0 Å². The van der Waals surface area contributed by atoms with Gasteiger partial charge in [0.1, 0.15) is 17.5 Å². The number of carboxylic acid groups (broad SMARTS) is 3. The van der Waals surface area contributed by atoms with Gasteiger partial charge in [0.25, 0.3) is 0 Å². The molecule has 0 saturated heterocycles. The molecule has 0 saturated carbocycles. The summed E-state index contributed by atoms with van der Waals surface area (Å²) < 4.78 is 36.5. The van der Waals surface area contributed by atoms with Crippen LogP contribution in [0.3, 0.4) is 0 Å². The summed E-state index contributed by atoms with van der Waals surface area (Å²) in [6, 6.07) is 14.0. The molecule has 0 radical (unpaired) electrons. The Hall–Kier alpha value is -2.87. The molecule has 10 heteroatoms. The van der Waals surface area contributed by atoms with E-state index in [2.05, 4.69) is 0 Å². The quantitative estimate of drug-likeness (QED) is 0.417. The van der Waals surface area contributed by atoms with Gasteiger partial charge in [0.15, 0.2) is 0 Å². The maximum absolute atomic E-state index is 12.2. The molecule has 3 aromatic rings. The molecule has 0 amide bonds. The summed E-state index contributed by atoms with van der Waals surface area (Å²) in [4.78, 5) is 30.6. The number of hydrogen-bond donors (Lipinski definition) is 3. The second kappa shape index (κ2) is 14.2. The van der Waals surface area contributed by atoms with E-state index in [0.717, 1.165) is 36.4 Å². The molecule has 0 aliphatic heterocycles. The first-order valence-electron chi connectivity index (χ1n) is 8.06. The van der Waals surface area contributed by atoms with Crippen molar-refractivity contribution in [3.63, 3.8) is 0 Å². The Morgan fingerprint density at radius 2 is 0.613 bits per heavy atom. The molecule has 6 nitrogen and oxygen atoms in total. The van der Waals surface area contributed by atoms with Gasteiger partial charge < -0.3 is 15.3 Å². The molecule has 31 heavy (non-hydrogen) atoms. The summed E-state index contributed by atoms with van der Waals surface area (Å²) in [5, 5.41) is 25.1.